The molecule has 7 heteroatoms. The lowest BCUT2D eigenvalue weighted by atomic mass is 13.9. The van der Waals surface area contributed by atoms with Crippen LogP contribution in [-0.4, -0.2) is 0 Å². The molecule has 2 atom stereocenters. The van der Waals surface area contributed by atoms with E-state index in [1.165, 1.54) is 0 Å². The predicted molar refractivity (Wildman–Crippen MR) is 36.3 cm³/mol. The smallest absolute Gasteiger partial charge is 0.0309 e. The van der Waals surface area contributed by atoms with Crippen LogP contribution in [0.5, 0.6) is 0 Å². The van der Waals surface area contributed by atoms with Gasteiger partial charge in [-0.2, -0.15) is 0 Å². The molecule has 0 amide bonds. The van der Waals surface area contributed by atoms with Gasteiger partial charge in [0.1, 0.15) is 29.4 Å². The van der Waals surface area contributed by atoms with Gasteiger partial charge < -0.3 is 0 Å². The van der Waals surface area contributed by atoms with Crippen LogP contribution >= 0.6 is 38.8 Å². The van der Waals surface area contributed by atoms with E-state index < -0.39 is 14.3 Å². The normalized spacial score (nSPS) is 13.4. The van der Waals surface area contributed by atoms with Crippen LogP contribution in [0.2, 0.25) is 0 Å². The molecule has 0 aliphatic rings. The number of nitrogens with one attached hydrogen (secondary N) is 1. The molecule has 0 aromatic rings. The molecule has 40 valence electrons. The summed E-state index contributed by atoms with van der Waals surface area (Å²) in [7, 11) is -3.61. The van der Waals surface area contributed by atoms with Crippen LogP contribution < -0.4 is 4.86 Å². The zero-order valence-corrected chi connectivity index (χ0v) is 6.68. The van der Waals surface area contributed by atoms with E-state index in [2.05, 4.69) is 29.4 Å². The van der Waals surface area contributed by atoms with Gasteiger partial charge >= 0.3 is 14.3 Å². The molecule has 0 fully saturated rings. The van der Waals surface area contributed by atoms with E-state index in [9.17, 15) is 9.13 Å². The van der Waals surface area contributed by atoms with Crippen LogP contribution in [0.4, 0.5) is 0 Å². The first-order valence-electron chi connectivity index (χ1n) is 1.21. The molecule has 2 unspecified atom stereocenters. The summed E-state index contributed by atoms with van der Waals surface area (Å²) in [4.78, 5) is 2.05. The second-order valence-corrected chi connectivity index (χ2v) is 4.72. The Labute approximate surface area is 53.3 Å². The first-order valence-corrected chi connectivity index (χ1v) is 6.04. The third-order valence-electron chi connectivity index (χ3n) is 0.171. The Kier molecular flexibility index (Phi) is 4.28. The molecule has 0 bridgehead atoms. The monoisotopic (exact) mass is 175 g/mol. The fourth-order valence-electron chi connectivity index (χ4n) is 0.0732. The lowest BCUT2D eigenvalue weighted by molar-refractivity contribution is 0.586. The van der Waals surface area contributed by atoms with Crippen molar-refractivity contribution in [2.45, 2.75) is 0 Å². The van der Waals surface area contributed by atoms with E-state index in [4.69, 9.17) is 0 Å². The van der Waals surface area contributed by atoms with Gasteiger partial charge in [-0.1, -0.05) is 0 Å². The highest BCUT2D eigenvalue weighted by atomic mass is 32.7. The Hall–Kier alpha value is 0.860. The molecule has 0 rings (SSSR count). The molecule has 0 spiro atoms. The quantitative estimate of drug-likeness (QED) is 0.442. The van der Waals surface area contributed by atoms with E-state index in [1.54, 1.807) is 0 Å². The highest BCUT2D eigenvalue weighted by Gasteiger charge is 2.21. The lowest BCUT2D eigenvalue weighted by Gasteiger charge is -1.56. The van der Waals surface area contributed by atoms with Gasteiger partial charge in [0, 0.05) is 0 Å². The van der Waals surface area contributed by atoms with Crippen LogP contribution in [0.25, 0.3) is 0 Å². The molecule has 0 aliphatic heterocycles. The molecule has 0 saturated carbocycles. The van der Waals surface area contributed by atoms with Gasteiger partial charge in [-0.15, -0.1) is 0 Å². The summed E-state index contributed by atoms with van der Waals surface area (Å²) >= 11 is 6.81. The van der Waals surface area contributed by atoms with Gasteiger partial charge in [0.25, 0.3) is 0 Å². The Bertz CT molecular complexity index is 89.9. The minimum Gasteiger partial charge on any atom is -0.0309 e. The minimum atomic E-state index is -1.81. The first kappa shape index (κ1) is 7.86. The van der Waals surface area contributed by atoms with Crippen molar-refractivity contribution in [3.8, 4) is 0 Å². The molecule has 0 aromatic carbocycles. The molecule has 3 nitrogen and oxygen atoms in total. The number of thiol groups is 2. The maximum absolute atomic E-state index is 9.92. The molecular formula is H3NO2P2S2+2. The molecule has 7 heavy (non-hydrogen) atoms. The van der Waals surface area contributed by atoms with Crippen LogP contribution in [0.15, 0.2) is 0 Å². The van der Waals surface area contributed by atoms with Crippen molar-refractivity contribution < 1.29 is 9.13 Å². The predicted octanol–water partition coefficient (Wildman–Crippen LogP) is 1.75. The third-order valence-corrected chi connectivity index (χ3v) is 3.15. The largest absolute Gasteiger partial charge is 0.548 e. The molecule has 0 saturated heterocycles. The van der Waals surface area contributed by atoms with Crippen molar-refractivity contribution in [2.24, 2.45) is 0 Å². The number of hydrogen-bond donors (Lipinski definition) is 3. The zero-order chi connectivity index (χ0) is 5.86. The minimum absolute atomic E-state index is 1.81. The zero-order valence-electron chi connectivity index (χ0n) is 3.11. The topological polar surface area (TPSA) is 46.2 Å². The Balaban J connectivity index is 3.32. The fourth-order valence-corrected chi connectivity index (χ4v) is 2.76. The van der Waals surface area contributed by atoms with E-state index in [0.717, 1.165) is 0 Å². The van der Waals surface area contributed by atoms with E-state index in [0.29, 0.717) is 0 Å². The van der Waals surface area contributed by atoms with Crippen molar-refractivity contribution >= 4 is 38.8 Å². The molecular weight excluding hydrogens is 172 g/mol. The standard InChI is InChI=1S/HNO2P2S2/c2-4(6)1-5(3)7/h(H-2,1,2,3,6,7)/p+2. The van der Waals surface area contributed by atoms with Gasteiger partial charge in [-0.05, 0) is 9.13 Å². The van der Waals surface area contributed by atoms with Crippen LogP contribution in [0.1, 0.15) is 0 Å². The van der Waals surface area contributed by atoms with Gasteiger partial charge in [-0.3, -0.25) is 0 Å². The van der Waals surface area contributed by atoms with E-state index in [1.807, 2.05) is 0 Å². The van der Waals surface area contributed by atoms with Crippen molar-refractivity contribution in [3.63, 3.8) is 0 Å². The van der Waals surface area contributed by atoms with Crippen molar-refractivity contribution in [1.29, 1.82) is 0 Å². The summed E-state index contributed by atoms with van der Waals surface area (Å²) in [5, 5.41) is 0. The molecule has 1 N–H and O–H groups in total. The van der Waals surface area contributed by atoms with Crippen LogP contribution in [0, 0.1) is 0 Å². The van der Waals surface area contributed by atoms with Gasteiger partial charge in [-0.25, -0.2) is 0 Å². The lowest BCUT2D eigenvalue weighted by Crippen LogP contribution is -1.76. The molecule has 0 radical (unpaired) electrons. The second kappa shape index (κ2) is 3.81. The fraction of sp³-hybridized carbons (Fsp3) is 0. The summed E-state index contributed by atoms with van der Waals surface area (Å²) in [5.74, 6) is 0. The average molecular weight is 175 g/mol. The van der Waals surface area contributed by atoms with Crippen molar-refractivity contribution in [3.05, 3.63) is 0 Å². The summed E-state index contributed by atoms with van der Waals surface area (Å²) < 4.78 is 19.8. The van der Waals surface area contributed by atoms with Crippen molar-refractivity contribution in [1.82, 2.24) is 4.86 Å². The maximum Gasteiger partial charge on any atom is 0.548 e. The summed E-state index contributed by atoms with van der Waals surface area (Å²) in [6.45, 7) is 0. The van der Waals surface area contributed by atoms with E-state index in [-0.39, 0.29) is 0 Å². The summed E-state index contributed by atoms with van der Waals surface area (Å²) in [5.41, 5.74) is 0. The molecule has 0 aliphatic carbocycles. The summed E-state index contributed by atoms with van der Waals surface area (Å²) in [6.07, 6.45) is 0. The molecule has 0 heterocycles. The third kappa shape index (κ3) is 6.86. The highest BCUT2D eigenvalue weighted by Crippen LogP contribution is 2.33. The van der Waals surface area contributed by atoms with Crippen LogP contribution in [0.3, 0.4) is 0 Å². The second-order valence-electron chi connectivity index (χ2n) is 0.646. The van der Waals surface area contributed by atoms with E-state index >= 15 is 0 Å². The number of rotatable bonds is 2. The SMILES string of the molecule is O=[P+](S)N[P+](=O)S. The first-order chi connectivity index (χ1) is 3.13. The average Bonchev–Trinajstić information content (AvgIpc) is 1.27. The van der Waals surface area contributed by atoms with Gasteiger partial charge in [0.2, 0.25) is 0 Å². The Morgan fingerprint density at radius 3 is 1.43 bits per heavy atom. The Morgan fingerprint density at radius 1 is 1.14 bits per heavy atom. The van der Waals surface area contributed by atoms with Gasteiger partial charge in [0.05, 0.1) is 0 Å². The van der Waals surface area contributed by atoms with Crippen molar-refractivity contribution in [2.75, 3.05) is 0 Å². The Morgan fingerprint density at radius 2 is 1.43 bits per heavy atom. The summed E-state index contributed by atoms with van der Waals surface area (Å²) in [6, 6.07) is 0. The van der Waals surface area contributed by atoms with Gasteiger partial charge in [0.15, 0.2) is 0 Å². The van der Waals surface area contributed by atoms with Crippen LogP contribution in [-0.2, 0) is 9.13 Å². The number of hydrogen-bond acceptors (Lipinski definition) is 2. The maximum atomic E-state index is 9.92. The molecule has 0 aromatic heterocycles. The highest BCUT2D eigenvalue weighted by molar-refractivity contribution is 8.46.